The summed E-state index contributed by atoms with van der Waals surface area (Å²) in [6.45, 7) is 2.05. The van der Waals surface area contributed by atoms with Crippen LogP contribution in [0, 0.1) is 13.0 Å². The van der Waals surface area contributed by atoms with Gasteiger partial charge in [-0.2, -0.15) is 38.7 Å². The molecule has 0 saturated carbocycles. The molecular formula is C25H19N4Y-. The summed E-state index contributed by atoms with van der Waals surface area (Å²) < 4.78 is 0. The molecule has 30 heavy (non-hydrogen) atoms. The van der Waals surface area contributed by atoms with Gasteiger partial charge in [0.15, 0.2) is 0 Å². The summed E-state index contributed by atoms with van der Waals surface area (Å²) in [6.07, 6.45) is 0. The SMILES string of the molecule is Cc1ccc(N=Nc2ccc(-c3ccc(N=Nc4cc[c-]cc4)cc3)cc2)cc1.[Y]. The number of benzene rings is 4. The quantitative estimate of drug-likeness (QED) is 0.211. The fraction of sp³-hybridized carbons (Fsp3) is 0.0400. The van der Waals surface area contributed by atoms with Gasteiger partial charge in [-0.25, -0.2) is 0 Å². The third kappa shape index (κ3) is 6.09. The molecule has 4 nitrogen and oxygen atoms in total. The van der Waals surface area contributed by atoms with Crippen molar-refractivity contribution in [3.8, 4) is 11.1 Å². The molecule has 0 aliphatic rings. The van der Waals surface area contributed by atoms with E-state index in [1.54, 1.807) is 0 Å². The third-order valence-electron chi connectivity index (χ3n) is 4.36. The molecule has 4 aromatic rings. The molecule has 0 bridgehead atoms. The zero-order valence-electron chi connectivity index (χ0n) is 16.6. The molecule has 0 fully saturated rings. The third-order valence-corrected chi connectivity index (χ3v) is 4.36. The Labute approximate surface area is 201 Å². The Morgan fingerprint density at radius 2 is 0.800 bits per heavy atom. The first-order chi connectivity index (χ1) is 14.3. The maximum Gasteiger partial charge on any atom is 0.0857 e. The largest absolute Gasteiger partial charge is 0.184 e. The predicted octanol–water partition coefficient (Wildman–Crippen LogP) is 8.29. The number of hydrogen-bond donors (Lipinski definition) is 0. The molecule has 4 rings (SSSR count). The van der Waals surface area contributed by atoms with Gasteiger partial charge in [0.05, 0.1) is 17.1 Å². The zero-order chi connectivity index (χ0) is 19.9. The second kappa shape index (κ2) is 10.8. The summed E-state index contributed by atoms with van der Waals surface area (Å²) in [7, 11) is 0. The van der Waals surface area contributed by atoms with Gasteiger partial charge in [-0.1, -0.05) is 42.0 Å². The molecule has 5 heteroatoms. The Kier molecular flexibility index (Phi) is 7.89. The first-order valence-corrected chi connectivity index (χ1v) is 9.33. The fourth-order valence-electron chi connectivity index (χ4n) is 2.73. The van der Waals surface area contributed by atoms with Crippen molar-refractivity contribution in [2.75, 3.05) is 0 Å². The molecule has 0 aliphatic carbocycles. The van der Waals surface area contributed by atoms with Crippen molar-refractivity contribution in [3.05, 3.63) is 109 Å². The standard InChI is InChI=1S/C25H19N4.Y/c1-19-7-13-23(14-8-19)27-29-25-17-11-21(12-18-25)20-9-15-24(16-10-20)28-26-22-5-3-2-4-6-22;/h3-18H,1H3;/q-1;. The average molecular weight is 464 g/mol. The van der Waals surface area contributed by atoms with Crippen LogP contribution in [0.4, 0.5) is 22.7 Å². The van der Waals surface area contributed by atoms with E-state index in [-0.39, 0.29) is 32.7 Å². The van der Waals surface area contributed by atoms with Gasteiger partial charge >= 0.3 is 0 Å². The molecule has 0 aromatic heterocycles. The van der Waals surface area contributed by atoms with E-state index < -0.39 is 0 Å². The molecule has 1 radical (unpaired) electrons. The minimum atomic E-state index is 0. The van der Waals surface area contributed by atoms with Crippen LogP contribution in [-0.2, 0) is 32.7 Å². The van der Waals surface area contributed by atoms with Crippen LogP contribution in [0.1, 0.15) is 5.56 Å². The Balaban J connectivity index is 0.00000256. The van der Waals surface area contributed by atoms with Gasteiger partial charge in [-0.15, -0.1) is 12.1 Å². The summed E-state index contributed by atoms with van der Waals surface area (Å²) in [5.41, 5.74) is 6.72. The number of rotatable bonds is 5. The molecule has 4 aromatic carbocycles. The van der Waals surface area contributed by atoms with E-state index in [4.69, 9.17) is 0 Å². The van der Waals surface area contributed by atoms with Gasteiger partial charge in [0.2, 0.25) is 0 Å². The molecule has 143 valence electrons. The average Bonchev–Trinajstić information content (AvgIpc) is 2.79. The maximum absolute atomic E-state index is 4.30. The van der Waals surface area contributed by atoms with Gasteiger partial charge < -0.3 is 0 Å². The van der Waals surface area contributed by atoms with Gasteiger partial charge in [0.25, 0.3) is 0 Å². The summed E-state index contributed by atoms with van der Waals surface area (Å²) in [5.74, 6) is 0. The number of nitrogens with zero attached hydrogens (tertiary/aromatic N) is 4. The first-order valence-electron chi connectivity index (χ1n) is 9.33. The Morgan fingerprint density at radius 1 is 0.467 bits per heavy atom. The van der Waals surface area contributed by atoms with Gasteiger partial charge in [0.1, 0.15) is 0 Å². The Morgan fingerprint density at radius 3 is 1.20 bits per heavy atom. The van der Waals surface area contributed by atoms with Crippen LogP contribution in [0.2, 0.25) is 0 Å². The van der Waals surface area contributed by atoms with Crippen LogP contribution in [0.3, 0.4) is 0 Å². The summed E-state index contributed by atoms with van der Waals surface area (Å²) in [4.78, 5) is 0. The van der Waals surface area contributed by atoms with E-state index in [9.17, 15) is 0 Å². The minimum Gasteiger partial charge on any atom is -0.184 e. The van der Waals surface area contributed by atoms with Gasteiger partial charge in [0, 0.05) is 32.7 Å². The topological polar surface area (TPSA) is 49.4 Å². The van der Waals surface area contributed by atoms with E-state index >= 15 is 0 Å². The van der Waals surface area contributed by atoms with Crippen LogP contribution in [-0.4, -0.2) is 0 Å². The number of hydrogen-bond acceptors (Lipinski definition) is 4. The first kappa shape index (κ1) is 21.9. The van der Waals surface area contributed by atoms with Crippen LogP contribution in [0.15, 0.2) is 118 Å². The maximum atomic E-state index is 4.30. The Bertz CT molecular complexity index is 1120. The van der Waals surface area contributed by atoms with Gasteiger partial charge in [-0.05, 0) is 60.1 Å². The molecule has 0 amide bonds. The molecule has 0 aliphatic heterocycles. The number of aryl methyl sites for hydroxylation is 1. The second-order valence-electron chi connectivity index (χ2n) is 6.59. The van der Waals surface area contributed by atoms with Crippen molar-refractivity contribution in [1.29, 1.82) is 0 Å². The van der Waals surface area contributed by atoms with E-state index in [2.05, 4.69) is 33.4 Å². The van der Waals surface area contributed by atoms with Crippen molar-refractivity contribution >= 4 is 22.7 Å². The molecule has 0 atom stereocenters. The number of azo groups is 2. The molecule has 0 spiro atoms. The van der Waals surface area contributed by atoms with Crippen molar-refractivity contribution < 1.29 is 32.7 Å². The van der Waals surface area contributed by atoms with Crippen molar-refractivity contribution in [1.82, 2.24) is 0 Å². The fourth-order valence-corrected chi connectivity index (χ4v) is 2.73. The zero-order valence-corrected chi connectivity index (χ0v) is 19.4. The van der Waals surface area contributed by atoms with Crippen LogP contribution >= 0.6 is 0 Å². The second-order valence-corrected chi connectivity index (χ2v) is 6.59. The summed E-state index contributed by atoms with van der Waals surface area (Å²) >= 11 is 0. The van der Waals surface area contributed by atoms with Crippen molar-refractivity contribution in [2.45, 2.75) is 6.92 Å². The summed E-state index contributed by atoms with van der Waals surface area (Å²) in [5, 5.41) is 17.1. The molecule has 0 N–H and O–H groups in total. The van der Waals surface area contributed by atoms with E-state index in [0.717, 1.165) is 33.9 Å². The van der Waals surface area contributed by atoms with Crippen LogP contribution in [0.5, 0.6) is 0 Å². The summed E-state index contributed by atoms with van der Waals surface area (Å²) in [6, 6.07) is 34.3. The monoisotopic (exact) mass is 464 g/mol. The van der Waals surface area contributed by atoms with E-state index in [1.165, 1.54) is 5.56 Å². The van der Waals surface area contributed by atoms with E-state index in [0.29, 0.717) is 0 Å². The van der Waals surface area contributed by atoms with Crippen LogP contribution < -0.4 is 0 Å². The Hall–Kier alpha value is -2.82. The minimum absolute atomic E-state index is 0. The predicted molar refractivity (Wildman–Crippen MR) is 117 cm³/mol. The molecule has 0 heterocycles. The van der Waals surface area contributed by atoms with Crippen molar-refractivity contribution in [2.24, 2.45) is 20.5 Å². The normalized spacial score (nSPS) is 11.0. The van der Waals surface area contributed by atoms with E-state index in [1.807, 2.05) is 97.1 Å². The molecular weight excluding hydrogens is 445 g/mol. The smallest absolute Gasteiger partial charge is 0.0857 e. The molecule has 0 saturated heterocycles. The van der Waals surface area contributed by atoms with Crippen LogP contribution in [0.25, 0.3) is 11.1 Å². The molecule has 0 unspecified atom stereocenters. The van der Waals surface area contributed by atoms with Crippen molar-refractivity contribution in [3.63, 3.8) is 0 Å². The van der Waals surface area contributed by atoms with Gasteiger partial charge in [-0.3, -0.25) is 0 Å².